The third-order valence-corrected chi connectivity index (χ3v) is 5.82. The van der Waals surface area contributed by atoms with E-state index in [9.17, 15) is 9.90 Å². The Morgan fingerprint density at radius 3 is 2.21 bits per heavy atom. The predicted molar refractivity (Wildman–Crippen MR) is 130 cm³/mol. The molecule has 0 spiro atoms. The highest BCUT2D eigenvalue weighted by Crippen LogP contribution is 2.42. The van der Waals surface area contributed by atoms with E-state index in [-0.39, 0.29) is 12.1 Å². The highest BCUT2D eigenvalue weighted by Gasteiger charge is 2.23. The van der Waals surface area contributed by atoms with Gasteiger partial charge in [-0.1, -0.05) is 43.7 Å². The first-order valence-electron chi connectivity index (χ1n) is 11.1. The van der Waals surface area contributed by atoms with Gasteiger partial charge in [0, 0.05) is 12.1 Å². The molecule has 178 valence electrons. The molecule has 0 saturated heterocycles. The van der Waals surface area contributed by atoms with E-state index in [4.69, 9.17) is 19.2 Å². The minimum atomic E-state index is -0.743. The van der Waals surface area contributed by atoms with Crippen LogP contribution in [0.1, 0.15) is 19.4 Å². The summed E-state index contributed by atoms with van der Waals surface area (Å²) in [5, 5.41) is 11.2. The molecule has 1 N–H and O–H groups in total. The van der Waals surface area contributed by atoms with Crippen molar-refractivity contribution in [2.24, 2.45) is 0 Å². The van der Waals surface area contributed by atoms with Gasteiger partial charge in [-0.3, -0.25) is 9.36 Å². The number of aryl methyl sites for hydroxylation is 1. The molecular formula is C25H33N3O5. The second-order valence-electron chi connectivity index (χ2n) is 7.90. The van der Waals surface area contributed by atoms with E-state index >= 15 is 0 Å². The van der Waals surface area contributed by atoms with Gasteiger partial charge in [-0.25, -0.2) is 4.98 Å². The van der Waals surface area contributed by atoms with Gasteiger partial charge in [0.05, 0.1) is 39.4 Å². The van der Waals surface area contributed by atoms with Crippen LogP contribution >= 0.6 is 0 Å². The quantitative estimate of drug-likeness (QED) is 0.503. The van der Waals surface area contributed by atoms with Crippen LogP contribution in [0.2, 0.25) is 0 Å². The van der Waals surface area contributed by atoms with Crippen molar-refractivity contribution in [3.05, 3.63) is 46.2 Å². The number of likely N-dealkylation sites (N-methyl/N-ethyl adjacent to an activating group) is 1. The second-order valence-corrected chi connectivity index (χ2v) is 7.90. The summed E-state index contributed by atoms with van der Waals surface area (Å²) < 4.78 is 18.0. The van der Waals surface area contributed by atoms with Gasteiger partial charge in [-0.15, -0.1) is 0 Å². The number of rotatable bonds is 10. The largest absolute Gasteiger partial charge is 0.493 e. The first kappa shape index (κ1) is 24.5. The van der Waals surface area contributed by atoms with E-state index in [1.165, 1.54) is 25.9 Å². The average molecular weight is 456 g/mol. The van der Waals surface area contributed by atoms with E-state index in [0.29, 0.717) is 40.5 Å². The van der Waals surface area contributed by atoms with Gasteiger partial charge in [-0.05, 0) is 26.1 Å². The maximum Gasteiger partial charge on any atom is 0.262 e. The van der Waals surface area contributed by atoms with Gasteiger partial charge < -0.3 is 24.2 Å². The number of hydrogen-bond donors (Lipinski definition) is 1. The molecule has 3 aromatic rings. The summed E-state index contributed by atoms with van der Waals surface area (Å²) >= 11 is 0. The molecule has 0 aliphatic carbocycles. The third-order valence-electron chi connectivity index (χ3n) is 5.82. The smallest absolute Gasteiger partial charge is 0.262 e. The second kappa shape index (κ2) is 10.7. The first-order valence-corrected chi connectivity index (χ1v) is 11.1. The zero-order valence-electron chi connectivity index (χ0n) is 20.2. The number of nitrogens with zero attached hydrogens (tertiary/aromatic N) is 3. The van der Waals surface area contributed by atoms with Crippen LogP contribution in [0.3, 0.4) is 0 Å². The van der Waals surface area contributed by atoms with Crippen molar-refractivity contribution in [1.82, 2.24) is 14.5 Å². The summed E-state index contributed by atoms with van der Waals surface area (Å²) in [5.74, 6) is 1.53. The highest BCUT2D eigenvalue weighted by molar-refractivity contribution is 5.90. The molecule has 1 unspecified atom stereocenters. The molecule has 8 nitrogen and oxygen atoms in total. The molecule has 0 amide bonds. The molecule has 1 heterocycles. The number of hydrogen-bond acceptors (Lipinski definition) is 7. The molecule has 0 saturated carbocycles. The molecule has 8 heteroatoms. The normalized spacial score (nSPS) is 12.2. The summed E-state index contributed by atoms with van der Waals surface area (Å²) in [5.41, 5.74) is 1.96. The lowest BCUT2D eigenvalue weighted by Gasteiger charge is -2.24. The Balaban J connectivity index is 2.28. The summed E-state index contributed by atoms with van der Waals surface area (Å²) in [6.45, 7) is 8.29. The Hall–Kier alpha value is -3.10. The Labute approximate surface area is 194 Å². The van der Waals surface area contributed by atoms with Gasteiger partial charge in [0.2, 0.25) is 5.75 Å². The maximum absolute atomic E-state index is 13.7. The molecule has 1 aromatic heterocycles. The predicted octanol–water partition coefficient (Wildman–Crippen LogP) is 3.10. The van der Waals surface area contributed by atoms with Crippen LogP contribution in [0.5, 0.6) is 17.2 Å². The SMILES string of the molecule is CCN(CC)CC(O)Cn1c(-c2ccc(C)cc2)nc2c(OC)c(OC)c(OC)cc2c1=O. The van der Waals surface area contributed by atoms with Gasteiger partial charge in [0.25, 0.3) is 5.56 Å². The molecule has 0 bridgehead atoms. The summed E-state index contributed by atoms with van der Waals surface area (Å²) in [6.07, 6.45) is -0.743. The van der Waals surface area contributed by atoms with Gasteiger partial charge in [-0.2, -0.15) is 0 Å². The van der Waals surface area contributed by atoms with Crippen LogP contribution in [0.4, 0.5) is 0 Å². The summed E-state index contributed by atoms with van der Waals surface area (Å²) in [6, 6.07) is 9.38. The van der Waals surface area contributed by atoms with E-state index in [1.54, 1.807) is 6.07 Å². The molecule has 33 heavy (non-hydrogen) atoms. The Kier molecular flexibility index (Phi) is 7.94. The van der Waals surface area contributed by atoms with Crippen LogP contribution in [-0.4, -0.2) is 66.6 Å². The van der Waals surface area contributed by atoms with Crippen LogP contribution in [0, 0.1) is 6.92 Å². The number of aromatic nitrogens is 2. The Morgan fingerprint density at radius 2 is 1.67 bits per heavy atom. The van der Waals surface area contributed by atoms with Gasteiger partial charge in [0.1, 0.15) is 11.3 Å². The topological polar surface area (TPSA) is 86.1 Å². The number of aliphatic hydroxyl groups excluding tert-OH is 1. The van der Waals surface area contributed by atoms with Crippen LogP contribution < -0.4 is 19.8 Å². The maximum atomic E-state index is 13.7. The zero-order valence-corrected chi connectivity index (χ0v) is 20.2. The lowest BCUT2D eigenvalue weighted by atomic mass is 10.1. The molecule has 3 rings (SSSR count). The lowest BCUT2D eigenvalue weighted by Crippen LogP contribution is -2.37. The van der Waals surface area contributed by atoms with Crippen molar-refractivity contribution in [3.8, 4) is 28.6 Å². The van der Waals surface area contributed by atoms with Gasteiger partial charge >= 0.3 is 0 Å². The number of benzene rings is 2. The van der Waals surface area contributed by atoms with Crippen LogP contribution in [0.25, 0.3) is 22.3 Å². The summed E-state index contributed by atoms with van der Waals surface area (Å²) in [4.78, 5) is 20.7. The Morgan fingerprint density at radius 1 is 1.03 bits per heavy atom. The number of methoxy groups -OCH3 is 3. The van der Waals surface area contributed by atoms with Crippen molar-refractivity contribution in [1.29, 1.82) is 0 Å². The Bertz CT molecular complexity index is 1150. The fraction of sp³-hybridized carbons (Fsp3) is 0.440. The molecule has 0 radical (unpaired) electrons. The van der Waals surface area contributed by atoms with Gasteiger partial charge in [0.15, 0.2) is 11.5 Å². The average Bonchev–Trinajstić information content (AvgIpc) is 2.83. The minimum Gasteiger partial charge on any atom is -0.493 e. The lowest BCUT2D eigenvalue weighted by molar-refractivity contribution is 0.102. The fourth-order valence-electron chi connectivity index (χ4n) is 3.96. The standard InChI is InChI=1S/C25H33N3O5/c1-7-27(8-2)14-18(29)15-28-24(17-11-9-16(3)10-12-17)26-21-19(25(28)30)13-20(31-4)22(32-5)23(21)33-6/h9-13,18,29H,7-8,14-15H2,1-6H3. The molecule has 0 aliphatic heterocycles. The number of aliphatic hydroxyl groups is 1. The third kappa shape index (κ3) is 4.96. The van der Waals surface area contributed by atoms with E-state index in [1.807, 2.05) is 45.0 Å². The molecule has 0 aliphatic rings. The van der Waals surface area contributed by atoms with Crippen molar-refractivity contribution < 1.29 is 19.3 Å². The van der Waals surface area contributed by atoms with Crippen LogP contribution in [-0.2, 0) is 6.54 Å². The summed E-state index contributed by atoms with van der Waals surface area (Å²) in [7, 11) is 4.52. The van der Waals surface area contributed by atoms with Crippen molar-refractivity contribution >= 4 is 10.9 Å². The monoisotopic (exact) mass is 455 g/mol. The zero-order chi connectivity index (χ0) is 24.1. The fourth-order valence-corrected chi connectivity index (χ4v) is 3.96. The number of ether oxygens (including phenoxy) is 3. The van der Waals surface area contributed by atoms with Crippen molar-refractivity contribution in [2.45, 2.75) is 33.4 Å². The molecule has 1 atom stereocenters. The molecule has 2 aromatic carbocycles. The highest BCUT2D eigenvalue weighted by atomic mass is 16.5. The molecular weight excluding hydrogens is 422 g/mol. The van der Waals surface area contributed by atoms with E-state index in [0.717, 1.165) is 24.2 Å². The minimum absolute atomic E-state index is 0.109. The van der Waals surface area contributed by atoms with E-state index in [2.05, 4.69) is 4.90 Å². The van der Waals surface area contributed by atoms with Crippen molar-refractivity contribution in [2.75, 3.05) is 41.0 Å². The van der Waals surface area contributed by atoms with Crippen LogP contribution in [0.15, 0.2) is 35.1 Å². The first-order chi connectivity index (χ1) is 15.9. The van der Waals surface area contributed by atoms with E-state index < -0.39 is 6.10 Å². The van der Waals surface area contributed by atoms with Crippen molar-refractivity contribution in [3.63, 3.8) is 0 Å². The number of fused-ring (bicyclic) bond motifs is 1. The molecule has 0 fully saturated rings.